The molecule has 0 aliphatic heterocycles. The zero-order valence-electron chi connectivity index (χ0n) is 47.9. The molecule has 0 saturated heterocycles. The highest BCUT2D eigenvalue weighted by molar-refractivity contribution is 5.71. The highest BCUT2D eigenvalue weighted by Crippen LogP contribution is 2.18. The normalized spacial score (nSPS) is 12.7. The second kappa shape index (κ2) is 54.3. The SMILES string of the molecule is CCCCC/C=C\CCCCCCCC(=O)OC(COC(=O)CCCCCCCCCCCCCCCCCCCCCCCCCCCCCCCCCCCC)COC(OCC[N+](C)(C)C)C(=O)O. The number of carboxylic acids is 1. The molecule has 0 rings (SSSR count). The van der Waals surface area contributed by atoms with Gasteiger partial charge in [-0.2, -0.15) is 0 Å². The van der Waals surface area contributed by atoms with Crippen LogP contribution in [0.4, 0.5) is 0 Å². The van der Waals surface area contributed by atoms with Gasteiger partial charge in [0, 0.05) is 12.8 Å². The molecule has 1 N–H and O–H groups in total. The Hall–Kier alpha value is -1.97. The molecule has 0 aliphatic rings. The highest BCUT2D eigenvalue weighted by Gasteiger charge is 2.25. The topological polar surface area (TPSA) is 108 Å². The van der Waals surface area contributed by atoms with Gasteiger partial charge in [0.05, 0.1) is 34.4 Å². The van der Waals surface area contributed by atoms with Crippen molar-refractivity contribution < 1.29 is 42.9 Å². The van der Waals surface area contributed by atoms with Crippen molar-refractivity contribution in [2.45, 2.75) is 322 Å². The van der Waals surface area contributed by atoms with Crippen molar-refractivity contribution in [1.82, 2.24) is 0 Å². The Morgan fingerprint density at radius 1 is 0.408 bits per heavy atom. The molecule has 0 aromatic rings. The number of aliphatic carboxylic acids is 1. The lowest BCUT2D eigenvalue weighted by molar-refractivity contribution is -0.870. The van der Waals surface area contributed by atoms with Gasteiger partial charge in [-0.05, 0) is 38.5 Å². The van der Waals surface area contributed by atoms with Crippen molar-refractivity contribution in [2.24, 2.45) is 0 Å². The Morgan fingerprint density at radius 2 is 0.718 bits per heavy atom. The molecule has 0 bridgehead atoms. The fourth-order valence-corrected chi connectivity index (χ4v) is 9.25. The minimum Gasteiger partial charge on any atom is -0.477 e. The molecule has 0 fully saturated rings. The number of quaternary nitrogens is 1. The summed E-state index contributed by atoms with van der Waals surface area (Å²) in [6, 6.07) is 0. The van der Waals surface area contributed by atoms with Crippen molar-refractivity contribution in [2.75, 3.05) is 47.5 Å². The molecular formula is C62H120NO8+. The molecule has 0 saturated carbocycles. The van der Waals surface area contributed by atoms with Gasteiger partial charge in [-0.15, -0.1) is 0 Å². The number of carbonyl (C=O) groups is 3. The number of esters is 2. The molecule has 0 amide bonds. The van der Waals surface area contributed by atoms with E-state index in [1.165, 1.54) is 225 Å². The van der Waals surface area contributed by atoms with E-state index in [0.717, 1.165) is 51.4 Å². The summed E-state index contributed by atoms with van der Waals surface area (Å²) in [6.45, 7) is 4.89. The lowest BCUT2D eigenvalue weighted by Crippen LogP contribution is -2.40. The van der Waals surface area contributed by atoms with Crippen LogP contribution in [0.25, 0.3) is 0 Å². The number of allylic oxidation sites excluding steroid dienone is 2. The number of unbranched alkanes of at least 4 members (excludes halogenated alkanes) is 41. The number of hydrogen-bond acceptors (Lipinski definition) is 7. The second-order valence-electron chi connectivity index (χ2n) is 22.4. The summed E-state index contributed by atoms with van der Waals surface area (Å²) in [6.07, 6.45) is 60.5. The number of likely N-dealkylation sites (N-methyl/N-ethyl adjacent to an activating group) is 1. The van der Waals surface area contributed by atoms with E-state index < -0.39 is 24.3 Å². The predicted octanol–water partition coefficient (Wildman–Crippen LogP) is 18.1. The van der Waals surface area contributed by atoms with E-state index in [-0.39, 0.29) is 32.2 Å². The smallest absolute Gasteiger partial charge is 0.361 e. The van der Waals surface area contributed by atoms with Crippen molar-refractivity contribution in [3.05, 3.63) is 12.2 Å². The van der Waals surface area contributed by atoms with Crippen molar-refractivity contribution in [3.8, 4) is 0 Å². The summed E-state index contributed by atoms with van der Waals surface area (Å²) in [5, 5.41) is 9.68. The maximum Gasteiger partial charge on any atom is 0.361 e. The third-order valence-corrected chi connectivity index (χ3v) is 14.0. The van der Waals surface area contributed by atoms with Gasteiger partial charge in [0.1, 0.15) is 13.2 Å². The monoisotopic (exact) mass is 1010 g/mol. The fourth-order valence-electron chi connectivity index (χ4n) is 9.25. The number of ether oxygens (including phenoxy) is 4. The molecule has 9 heteroatoms. The van der Waals surface area contributed by atoms with E-state index in [2.05, 4.69) is 26.0 Å². The van der Waals surface area contributed by atoms with Crippen molar-refractivity contribution in [1.29, 1.82) is 0 Å². The number of carboxylic acid groups (broad SMARTS) is 1. The van der Waals surface area contributed by atoms with E-state index in [9.17, 15) is 19.5 Å². The summed E-state index contributed by atoms with van der Waals surface area (Å²) in [5.74, 6) is -2.00. The molecule has 0 aromatic heterocycles. The number of carbonyl (C=O) groups excluding carboxylic acids is 2. The van der Waals surface area contributed by atoms with Gasteiger partial charge in [-0.3, -0.25) is 9.59 Å². The van der Waals surface area contributed by atoms with E-state index in [4.69, 9.17) is 18.9 Å². The van der Waals surface area contributed by atoms with Crippen molar-refractivity contribution in [3.63, 3.8) is 0 Å². The lowest BCUT2D eigenvalue weighted by Gasteiger charge is -2.25. The maximum absolute atomic E-state index is 12.8. The van der Waals surface area contributed by atoms with Gasteiger partial charge in [0.25, 0.3) is 6.29 Å². The molecule has 420 valence electrons. The van der Waals surface area contributed by atoms with Gasteiger partial charge in [0.2, 0.25) is 0 Å². The third kappa shape index (κ3) is 55.6. The Balaban J connectivity index is 3.93. The van der Waals surface area contributed by atoms with Crippen LogP contribution in [0, 0.1) is 0 Å². The van der Waals surface area contributed by atoms with Crippen LogP contribution in [0.5, 0.6) is 0 Å². The van der Waals surface area contributed by atoms with Crippen LogP contribution in [0.15, 0.2) is 12.2 Å². The van der Waals surface area contributed by atoms with Crippen LogP contribution in [0.2, 0.25) is 0 Å². The first kappa shape index (κ1) is 69.0. The Kier molecular flexibility index (Phi) is 52.8. The van der Waals surface area contributed by atoms with Gasteiger partial charge >= 0.3 is 17.9 Å². The van der Waals surface area contributed by atoms with Gasteiger partial charge in [-0.1, -0.05) is 270 Å². The number of nitrogens with zero attached hydrogens (tertiary/aromatic N) is 1. The minimum absolute atomic E-state index is 0.179. The summed E-state index contributed by atoms with van der Waals surface area (Å²) in [4.78, 5) is 37.3. The summed E-state index contributed by atoms with van der Waals surface area (Å²) >= 11 is 0. The summed E-state index contributed by atoms with van der Waals surface area (Å²) in [5.41, 5.74) is 0. The van der Waals surface area contributed by atoms with Crippen LogP contribution in [-0.2, 0) is 33.3 Å². The Bertz CT molecular complexity index is 1170. The molecule has 2 atom stereocenters. The molecule has 2 unspecified atom stereocenters. The van der Waals surface area contributed by atoms with E-state index in [1.807, 2.05) is 21.1 Å². The zero-order valence-corrected chi connectivity index (χ0v) is 47.9. The van der Waals surface area contributed by atoms with E-state index >= 15 is 0 Å². The Morgan fingerprint density at radius 3 is 1.07 bits per heavy atom. The lowest BCUT2D eigenvalue weighted by atomic mass is 10.0. The van der Waals surface area contributed by atoms with Gasteiger partial charge in [-0.25, -0.2) is 4.79 Å². The van der Waals surface area contributed by atoms with Crippen LogP contribution >= 0.6 is 0 Å². The van der Waals surface area contributed by atoms with Crippen LogP contribution < -0.4 is 0 Å². The fraction of sp³-hybridized carbons (Fsp3) is 0.919. The average molecular weight is 1010 g/mol. The first-order chi connectivity index (χ1) is 34.6. The molecule has 0 spiro atoms. The number of rotatable bonds is 58. The summed E-state index contributed by atoms with van der Waals surface area (Å²) < 4.78 is 22.8. The first-order valence-electron chi connectivity index (χ1n) is 30.9. The molecule has 71 heavy (non-hydrogen) atoms. The van der Waals surface area contributed by atoms with Crippen LogP contribution in [-0.4, -0.2) is 87.4 Å². The summed E-state index contributed by atoms with van der Waals surface area (Å²) in [7, 11) is 5.97. The molecule has 0 heterocycles. The number of hydrogen-bond donors (Lipinski definition) is 1. The molecule has 0 aliphatic carbocycles. The molecule has 9 nitrogen and oxygen atoms in total. The second-order valence-corrected chi connectivity index (χ2v) is 22.4. The molecule has 0 radical (unpaired) electrons. The average Bonchev–Trinajstić information content (AvgIpc) is 3.34. The largest absolute Gasteiger partial charge is 0.477 e. The molecular weight excluding hydrogens is 887 g/mol. The molecule has 0 aromatic carbocycles. The van der Waals surface area contributed by atoms with Gasteiger partial charge in [0.15, 0.2) is 6.10 Å². The quantitative estimate of drug-likeness (QED) is 0.0211. The highest BCUT2D eigenvalue weighted by atomic mass is 16.7. The van der Waals surface area contributed by atoms with E-state index in [0.29, 0.717) is 23.9 Å². The minimum atomic E-state index is -1.51. The maximum atomic E-state index is 12.8. The van der Waals surface area contributed by atoms with Crippen molar-refractivity contribution >= 4 is 17.9 Å². The van der Waals surface area contributed by atoms with E-state index in [1.54, 1.807) is 0 Å². The third-order valence-electron chi connectivity index (χ3n) is 14.0. The standard InChI is InChI=1S/C62H119NO8/c1-6-8-10-12-14-16-18-20-21-22-23-24-25-26-27-28-29-30-31-32-33-34-35-36-37-38-39-40-41-43-44-46-48-50-52-59(64)69-56-58(57-70-62(61(66)67)68-55-54-63(3,4)5)71-60(65)53-51-49-47-45-42-19-17-15-13-11-9-7-2/h15,17,58,62H,6-14,16,18-57H2,1-5H3/p+1/b17-15-. The van der Waals surface area contributed by atoms with Crippen LogP contribution in [0.1, 0.15) is 309 Å². The van der Waals surface area contributed by atoms with Crippen LogP contribution in [0.3, 0.4) is 0 Å². The first-order valence-corrected chi connectivity index (χ1v) is 30.9. The Labute approximate surface area is 440 Å². The van der Waals surface area contributed by atoms with Gasteiger partial charge < -0.3 is 28.5 Å². The predicted molar refractivity (Wildman–Crippen MR) is 300 cm³/mol. The zero-order chi connectivity index (χ0) is 52.0.